The molecule has 48 heavy (non-hydrogen) atoms. The minimum absolute atomic E-state index is 0.0517. The van der Waals surface area contributed by atoms with E-state index >= 15 is 0 Å². The minimum Gasteiger partial charge on any atom is -0.460 e. The molecule has 4 aromatic rings. The number of benzene rings is 3. The summed E-state index contributed by atoms with van der Waals surface area (Å²) in [5.41, 5.74) is 2.61. The number of ether oxygens (including phenoxy) is 2. The molecule has 10 nitrogen and oxygen atoms in total. The predicted molar refractivity (Wildman–Crippen MR) is 183 cm³/mol. The third-order valence-electron chi connectivity index (χ3n) is 8.55. The van der Waals surface area contributed by atoms with E-state index in [1.165, 1.54) is 18.2 Å². The Kier molecular flexibility index (Phi) is 9.77. The molecule has 0 radical (unpaired) electrons. The van der Waals surface area contributed by atoms with Gasteiger partial charge in [-0.15, -0.1) is 0 Å². The van der Waals surface area contributed by atoms with Crippen LogP contribution in [0, 0.1) is 5.82 Å². The number of para-hydroxylation sites is 1. The lowest BCUT2D eigenvalue weighted by Crippen LogP contribution is -2.30. The van der Waals surface area contributed by atoms with Gasteiger partial charge in [0, 0.05) is 36.3 Å². The average Bonchev–Trinajstić information content (AvgIpc) is 3.70. The van der Waals surface area contributed by atoms with Crippen molar-refractivity contribution >= 4 is 45.7 Å². The lowest BCUT2D eigenvalue weighted by molar-refractivity contribution is -0.153. The Morgan fingerprint density at radius 1 is 0.938 bits per heavy atom. The van der Waals surface area contributed by atoms with Gasteiger partial charge >= 0.3 is 5.97 Å². The molecule has 2 saturated heterocycles. The first-order valence-corrected chi connectivity index (χ1v) is 16.6. The highest BCUT2D eigenvalue weighted by Crippen LogP contribution is 2.32. The zero-order chi connectivity index (χ0) is 33.8. The van der Waals surface area contributed by atoms with Crippen molar-refractivity contribution in [2.45, 2.75) is 77.5 Å². The Balaban J connectivity index is 1.28. The molecule has 11 heteroatoms. The average molecular weight is 656 g/mol. The molecule has 2 aliphatic rings. The first kappa shape index (κ1) is 33.1. The highest BCUT2D eigenvalue weighted by Gasteiger charge is 2.25. The topological polar surface area (TPSA) is 115 Å². The fraction of sp³-hybridized carbons (Fsp3) is 0.405. The number of piperidine rings is 1. The molecule has 0 unspecified atom stereocenters. The number of esters is 1. The van der Waals surface area contributed by atoms with Crippen LogP contribution in [0.1, 0.15) is 79.3 Å². The molecular formula is C37H42FN5O5. The second-order valence-electron chi connectivity index (χ2n) is 13.4. The molecule has 0 aliphatic carbocycles. The van der Waals surface area contributed by atoms with Crippen LogP contribution in [0.5, 0.6) is 0 Å². The molecule has 2 aliphatic heterocycles. The Bertz CT molecular complexity index is 1820. The summed E-state index contributed by atoms with van der Waals surface area (Å²) in [5.74, 6) is -1.93. The molecule has 3 heterocycles. The number of hydrogen-bond donors (Lipinski definition) is 2. The normalized spacial score (nSPS) is 16.6. The van der Waals surface area contributed by atoms with Crippen molar-refractivity contribution in [2.24, 2.45) is 0 Å². The van der Waals surface area contributed by atoms with E-state index in [0.717, 1.165) is 68.4 Å². The number of nitrogens with one attached hydrogen (secondary N) is 2. The standard InChI is InChI=1S/C37H42FN5O5/c1-37(2,3)48-33(44)22-25-20-26(38)14-15-29(25)39-35(45)24-13-16-32(42-17-7-4-8-18-42)30(21-24)40-36(46)34-28-11-5-6-12-31(28)43(41-34)23-27-10-9-19-47-27/h5-6,11-16,20-21,27H,4,7-10,17-19,22-23H2,1-3H3,(H,39,45)(H,40,46)/t27-/m1/s1. The summed E-state index contributed by atoms with van der Waals surface area (Å²) >= 11 is 0. The number of rotatable bonds is 9. The molecule has 1 aromatic heterocycles. The van der Waals surface area contributed by atoms with Crippen molar-refractivity contribution in [1.82, 2.24) is 9.78 Å². The van der Waals surface area contributed by atoms with E-state index in [1.807, 2.05) is 35.0 Å². The number of nitrogens with zero attached hydrogens (tertiary/aromatic N) is 3. The smallest absolute Gasteiger partial charge is 0.310 e. The van der Waals surface area contributed by atoms with Crippen molar-refractivity contribution in [3.63, 3.8) is 0 Å². The number of carbonyl (C=O) groups excluding carboxylic acids is 3. The maximum absolute atomic E-state index is 14.2. The molecule has 3 aromatic carbocycles. The Morgan fingerprint density at radius 3 is 2.46 bits per heavy atom. The van der Waals surface area contributed by atoms with E-state index in [2.05, 4.69) is 15.5 Å². The van der Waals surface area contributed by atoms with Gasteiger partial charge in [0.25, 0.3) is 11.8 Å². The third kappa shape index (κ3) is 7.84. The van der Waals surface area contributed by atoms with Crippen LogP contribution in [-0.2, 0) is 27.2 Å². The van der Waals surface area contributed by atoms with E-state index in [-0.39, 0.29) is 24.0 Å². The van der Waals surface area contributed by atoms with Gasteiger partial charge in [-0.3, -0.25) is 19.1 Å². The van der Waals surface area contributed by atoms with Gasteiger partial charge < -0.3 is 25.0 Å². The number of aromatic nitrogens is 2. The van der Waals surface area contributed by atoms with Gasteiger partial charge in [-0.1, -0.05) is 18.2 Å². The number of fused-ring (bicyclic) bond motifs is 1. The second-order valence-corrected chi connectivity index (χ2v) is 13.4. The summed E-state index contributed by atoms with van der Waals surface area (Å²) < 4.78 is 27.3. The van der Waals surface area contributed by atoms with Gasteiger partial charge in [-0.05, 0) is 101 Å². The van der Waals surface area contributed by atoms with Crippen LogP contribution in [-0.4, -0.2) is 59.0 Å². The lowest BCUT2D eigenvalue weighted by Gasteiger charge is -2.30. The van der Waals surface area contributed by atoms with Crippen LogP contribution in [0.4, 0.5) is 21.5 Å². The van der Waals surface area contributed by atoms with Crippen LogP contribution in [0.15, 0.2) is 60.7 Å². The van der Waals surface area contributed by atoms with Crippen LogP contribution < -0.4 is 15.5 Å². The molecule has 252 valence electrons. The first-order valence-electron chi connectivity index (χ1n) is 16.6. The Hall–Kier alpha value is -4.77. The van der Waals surface area contributed by atoms with Crippen LogP contribution in [0.3, 0.4) is 0 Å². The first-order chi connectivity index (χ1) is 23.0. The minimum atomic E-state index is -0.709. The van der Waals surface area contributed by atoms with E-state index in [9.17, 15) is 18.8 Å². The number of anilines is 3. The van der Waals surface area contributed by atoms with Gasteiger partial charge in [0.1, 0.15) is 11.4 Å². The van der Waals surface area contributed by atoms with Crippen molar-refractivity contribution in [2.75, 3.05) is 35.2 Å². The predicted octanol–water partition coefficient (Wildman–Crippen LogP) is 6.73. The van der Waals surface area contributed by atoms with Gasteiger partial charge in [0.15, 0.2) is 5.69 Å². The maximum atomic E-state index is 14.2. The van der Waals surface area contributed by atoms with Gasteiger partial charge in [-0.25, -0.2) is 4.39 Å². The molecule has 6 rings (SSSR count). The Labute approximate surface area is 279 Å². The van der Waals surface area contributed by atoms with E-state index in [0.29, 0.717) is 29.2 Å². The van der Waals surface area contributed by atoms with Crippen molar-refractivity contribution in [3.05, 3.63) is 83.3 Å². The molecule has 1 atom stereocenters. The second kappa shape index (κ2) is 14.1. The summed E-state index contributed by atoms with van der Waals surface area (Å²) in [6.45, 7) is 8.20. The van der Waals surface area contributed by atoms with Crippen molar-refractivity contribution in [3.8, 4) is 0 Å². The quantitative estimate of drug-likeness (QED) is 0.192. The summed E-state index contributed by atoms with van der Waals surface area (Å²) in [4.78, 5) is 42.3. The number of hydrogen-bond acceptors (Lipinski definition) is 7. The van der Waals surface area contributed by atoms with E-state index < -0.39 is 23.3 Å². The van der Waals surface area contributed by atoms with Crippen LogP contribution in [0.2, 0.25) is 0 Å². The zero-order valence-electron chi connectivity index (χ0n) is 27.7. The molecule has 0 bridgehead atoms. The van der Waals surface area contributed by atoms with Crippen molar-refractivity contribution < 1.29 is 28.2 Å². The summed E-state index contributed by atoms with van der Waals surface area (Å²) in [5, 5.41) is 11.4. The Morgan fingerprint density at radius 2 is 1.71 bits per heavy atom. The van der Waals surface area contributed by atoms with E-state index in [4.69, 9.17) is 14.6 Å². The van der Waals surface area contributed by atoms with Crippen LogP contribution in [0.25, 0.3) is 10.9 Å². The summed E-state index contributed by atoms with van der Waals surface area (Å²) in [6, 6.07) is 16.7. The van der Waals surface area contributed by atoms with E-state index in [1.54, 1.807) is 32.9 Å². The summed E-state index contributed by atoms with van der Waals surface area (Å²) in [6.07, 6.45) is 4.98. The highest BCUT2D eigenvalue weighted by atomic mass is 19.1. The van der Waals surface area contributed by atoms with Gasteiger partial charge in [0.05, 0.1) is 36.0 Å². The monoisotopic (exact) mass is 655 g/mol. The van der Waals surface area contributed by atoms with Crippen LogP contribution >= 0.6 is 0 Å². The molecule has 0 saturated carbocycles. The number of amides is 2. The molecular weight excluding hydrogens is 613 g/mol. The molecule has 2 fully saturated rings. The molecule has 0 spiro atoms. The lowest BCUT2D eigenvalue weighted by atomic mass is 10.1. The molecule has 2 amide bonds. The fourth-order valence-corrected chi connectivity index (χ4v) is 6.34. The number of carbonyl (C=O) groups is 3. The molecule has 2 N–H and O–H groups in total. The SMILES string of the molecule is CC(C)(C)OC(=O)Cc1cc(F)ccc1NC(=O)c1ccc(N2CCCCC2)c(NC(=O)c2nn(C[C@H]3CCCO3)c3ccccc23)c1. The fourth-order valence-electron chi connectivity index (χ4n) is 6.34. The zero-order valence-corrected chi connectivity index (χ0v) is 27.7. The maximum Gasteiger partial charge on any atom is 0.310 e. The third-order valence-corrected chi connectivity index (χ3v) is 8.55. The van der Waals surface area contributed by atoms with Gasteiger partial charge in [-0.2, -0.15) is 5.10 Å². The highest BCUT2D eigenvalue weighted by molar-refractivity contribution is 6.13. The largest absolute Gasteiger partial charge is 0.460 e. The van der Waals surface area contributed by atoms with Crippen molar-refractivity contribution in [1.29, 1.82) is 0 Å². The number of halogens is 1. The van der Waals surface area contributed by atoms with Gasteiger partial charge in [0.2, 0.25) is 0 Å². The summed E-state index contributed by atoms with van der Waals surface area (Å²) in [7, 11) is 0.